The molecular weight excluding hydrogens is 352 g/mol. The minimum atomic E-state index is -3.53. The molecule has 120 valence electrons. The molecule has 0 aliphatic heterocycles. The average molecular weight is 377 g/mol. The summed E-state index contributed by atoms with van der Waals surface area (Å²) in [6.45, 7) is 11.5. The van der Waals surface area contributed by atoms with Crippen molar-refractivity contribution in [2.45, 2.75) is 52.1 Å². The van der Waals surface area contributed by atoms with Crippen molar-refractivity contribution in [3.8, 4) is 0 Å². The van der Waals surface area contributed by atoms with Gasteiger partial charge in [-0.25, -0.2) is 13.1 Å². The molecule has 0 bridgehead atoms. The van der Waals surface area contributed by atoms with Gasteiger partial charge in [0, 0.05) is 17.1 Å². The lowest BCUT2D eigenvalue weighted by atomic mass is 9.89. The number of hydrogen-bond acceptors (Lipinski definition) is 3. The lowest BCUT2D eigenvalue weighted by molar-refractivity contribution is 0.317. The maximum absolute atomic E-state index is 12.5. The molecule has 0 saturated carbocycles. The second-order valence-corrected chi connectivity index (χ2v) is 8.79. The molecule has 6 heteroatoms. The molecule has 2 N–H and O–H groups in total. The van der Waals surface area contributed by atoms with E-state index in [-0.39, 0.29) is 16.4 Å². The van der Waals surface area contributed by atoms with Gasteiger partial charge in [-0.2, -0.15) is 0 Å². The maximum Gasteiger partial charge on any atom is 0.241 e. The molecule has 1 unspecified atom stereocenters. The highest BCUT2D eigenvalue weighted by molar-refractivity contribution is 9.10. The van der Waals surface area contributed by atoms with Crippen molar-refractivity contribution in [1.82, 2.24) is 10.0 Å². The van der Waals surface area contributed by atoms with Crippen LogP contribution in [0.3, 0.4) is 0 Å². The molecule has 0 fully saturated rings. The van der Waals surface area contributed by atoms with Crippen LogP contribution in [0.5, 0.6) is 0 Å². The molecule has 1 atom stereocenters. The van der Waals surface area contributed by atoms with Crippen LogP contribution in [0.1, 0.15) is 40.2 Å². The minimum Gasteiger partial charge on any atom is -0.313 e. The Kier molecular flexibility index (Phi) is 6.40. The Labute approximate surface area is 136 Å². The first-order valence-electron chi connectivity index (χ1n) is 7.09. The number of nitrogens with one attached hydrogen (secondary N) is 2. The third-order valence-corrected chi connectivity index (χ3v) is 6.01. The van der Waals surface area contributed by atoms with Crippen molar-refractivity contribution in [2.24, 2.45) is 5.41 Å². The van der Waals surface area contributed by atoms with Gasteiger partial charge in [0.2, 0.25) is 10.0 Å². The first-order valence-corrected chi connectivity index (χ1v) is 9.37. The van der Waals surface area contributed by atoms with Crippen molar-refractivity contribution in [2.75, 3.05) is 6.54 Å². The monoisotopic (exact) mass is 376 g/mol. The third kappa shape index (κ3) is 5.36. The van der Waals surface area contributed by atoms with Crippen LogP contribution in [0.15, 0.2) is 27.6 Å². The Morgan fingerprint density at radius 3 is 2.38 bits per heavy atom. The van der Waals surface area contributed by atoms with Crippen LogP contribution in [-0.4, -0.2) is 21.0 Å². The molecule has 0 heterocycles. The number of sulfonamides is 1. The standard InChI is InChI=1S/C15H25BrN2O2S/c1-6-17-10-12-7-8-14(13(16)9-12)21(19,20)18-11(2)15(3,4)5/h7-9,11,17-18H,6,10H2,1-5H3. The Bertz CT molecular complexity index is 580. The lowest BCUT2D eigenvalue weighted by Gasteiger charge is -2.28. The smallest absolute Gasteiger partial charge is 0.241 e. The first kappa shape index (κ1) is 18.6. The molecule has 0 spiro atoms. The fourth-order valence-corrected chi connectivity index (χ4v) is 4.19. The number of hydrogen-bond donors (Lipinski definition) is 2. The van der Waals surface area contributed by atoms with Gasteiger partial charge in [0.15, 0.2) is 0 Å². The van der Waals surface area contributed by atoms with E-state index in [0.717, 1.165) is 18.7 Å². The summed E-state index contributed by atoms with van der Waals surface area (Å²) in [4.78, 5) is 0.277. The van der Waals surface area contributed by atoms with E-state index >= 15 is 0 Å². The number of benzene rings is 1. The second kappa shape index (κ2) is 7.22. The van der Waals surface area contributed by atoms with Crippen LogP contribution >= 0.6 is 15.9 Å². The summed E-state index contributed by atoms with van der Waals surface area (Å²) in [5.41, 5.74) is 0.913. The summed E-state index contributed by atoms with van der Waals surface area (Å²) in [5.74, 6) is 0. The molecule has 0 aliphatic carbocycles. The summed E-state index contributed by atoms with van der Waals surface area (Å²) in [6.07, 6.45) is 0. The second-order valence-electron chi connectivity index (χ2n) is 6.25. The molecule has 1 aromatic rings. The topological polar surface area (TPSA) is 58.2 Å². The van der Waals surface area contributed by atoms with Crippen LogP contribution in [0.4, 0.5) is 0 Å². The van der Waals surface area contributed by atoms with Gasteiger partial charge in [0.25, 0.3) is 0 Å². The Balaban J connectivity index is 2.99. The van der Waals surface area contributed by atoms with E-state index in [2.05, 4.69) is 26.0 Å². The predicted octanol–water partition coefficient (Wildman–Crippen LogP) is 3.27. The van der Waals surface area contributed by atoms with E-state index in [1.165, 1.54) is 0 Å². The largest absolute Gasteiger partial charge is 0.313 e. The van der Waals surface area contributed by atoms with Gasteiger partial charge in [0.1, 0.15) is 0 Å². The Morgan fingerprint density at radius 2 is 1.90 bits per heavy atom. The van der Waals surface area contributed by atoms with Crippen molar-refractivity contribution in [3.05, 3.63) is 28.2 Å². The van der Waals surface area contributed by atoms with Crippen LogP contribution in [0, 0.1) is 5.41 Å². The zero-order chi connectivity index (χ0) is 16.3. The van der Waals surface area contributed by atoms with Crippen LogP contribution in [0.2, 0.25) is 0 Å². The van der Waals surface area contributed by atoms with E-state index in [4.69, 9.17) is 0 Å². The van der Waals surface area contributed by atoms with Crippen LogP contribution in [-0.2, 0) is 16.6 Å². The Hall–Kier alpha value is -0.430. The molecule has 1 aromatic carbocycles. The summed E-state index contributed by atoms with van der Waals surface area (Å²) in [5, 5.41) is 3.22. The van der Waals surface area contributed by atoms with E-state index in [1.54, 1.807) is 6.07 Å². The van der Waals surface area contributed by atoms with Crippen molar-refractivity contribution in [1.29, 1.82) is 0 Å². The molecule has 0 aliphatic rings. The highest BCUT2D eigenvalue weighted by Crippen LogP contribution is 2.26. The molecule has 0 aromatic heterocycles. The van der Waals surface area contributed by atoms with E-state index in [0.29, 0.717) is 4.47 Å². The highest BCUT2D eigenvalue weighted by atomic mass is 79.9. The predicted molar refractivity (Wildman–Crippen MR) is 90.8 cm³/mol. The van der Waals surface area contributed by atoms with Gasteiger partial charge in [-0.1, -0.05) is 33.8 Å². The van der Waals surface area contributed by atoms with Crippen molar-refractivity contribution in [3.63, 3.8) is 0 Å². The highest BCUT2D eigenvalue weighted by Gasteiger charge is 2.27. The van der Waals surface area contributed by atoms with E-state index < -0.39 is 10.0 Å². The molecule has 4 nitrogen and oxygen atoms in total. The van der Waals surface area contributed by atoms with Crippen LogP contribution < -0.4 is 10.0 Å². The third-order valence-electron chi connectivity index (χ3n) is 3.50. The van der Waals surface area contributed by atoms with Gasteiger partial charge >= 0.3 is 0 Å². The molecule has 0 radical (unpaired) electrons. The van der Waals surface area contributed by atoms with Gasteiger partial charge in [0.05, 0.1) is 4.90 Å². The zero-order valence-electron chi connectivity index (χ0n) is 13.3. The average Bonchev–Trinajstić information content (AvgIpc) is 2.34. The van der Waals surface area contributed by atoms with E-state index in [1.807, 2.05) is 46.8 Å². The summed E-state index contributed by atoms with van der Waals surface area (Å²) < 4.78 is 28.3. The van der Waals surface area contributed by atoms with E-state index in [9.17, 15) is 8.42 Å². The van der Waals surface area contributed by atoms with Gasteiger partial charge in [-0.15, -0.1) is 0 Å². The quantitative estimate of drug-likeness (QED) is 0.800. The number of halogens is 1. The van der Waals surface area contributed by atoms with Crippen LogP contribution in [0.25, 0.3) is 0 Å². The SMILES string of the molecule is CCNCc1ccc(S(=O)(=O)NC(C)C(C)(C)C)c(Br)c1. The molecule has 0 amide bonds. The zero-order valence-corrected chi connectivity index (χ0v) is 15.7. The fraction of sp³-hybridized carbons (Fsp3) is 0.600. The summed E-state index contributed by atoms with van der Waals surface area (Å²) in [6, 6.07) is 5.17. The summed E-state index contributed by atoms with van der Waals surface area (Å²) in [7, 11) is -3.53. The van der Waals surface area contributed by atoms with Gasteiger partial charge in [-0.05, 0) is 52.5 Å². The lowest BCUT2D eigenvalue weighted by Crippen LogP contribution is -2.41. The summed E-state index contributed by atoms with van der Waals surface area (Å²) >= 11 is 3.37. The fourth-order valence-electron chi connectivity index (χ4n) is 1.61. The number of rotatable bonds is 6. The maximum atomic E-state index is 12.5. The van der Waals surface area contributed by atoms with Gasteiger partial charge in [-0.3, -0.25) is 0 Å². The van der Waals surface area contributed by atoms with Crippen molar-refractivity contribution >= 4 is 26.0 Å². The minimum absolute atomic E-state index is 0.134. The molecule has 21 heavy (non-hydrogen) atoms. The molecular formula is C15H25BrN2O2S. The molecule has 1 rings (SSSR count). The van der Waals surface area contributed by atoms with Crippen molar-refractivity contribution < 1.29 is 8.42 Å². The molecule has 0 saturated heterocycles. The first-order chi connectivity index (χ1) is 9.58. The van der Waals surface area contributed by atoms with Gasteiger partial charge < -0.3 is 5.32 Å². The Morgan fingerprint density at radius 1 is 1.29 bits per heavy atom. The normalized spacial score (nSPS) is 14.2.